The molecule has 0 radical (unpaired) electrons. The molecule has 0 saturated carbocycles. The van der Waals surface area contributed by atoms with E-state index in [1.807, 2.05) is 0 Å². The summed E-state index contributed by atoms with van der Waals surface area (Å²) in [5.74, 6) is -0.248. The molecule has 2 aromatic rings. The Labute approximate surface area is 162 Å². The molecule has 2 N–H and O–H groups in total. The summed E-state index contributed by atoms with van der Waals surface area (Å²) < 4.78 is 27.2. The van der Waals surface area contributed by atoms with E-state index in [2.05, 4.69) is 4.72 Å². The molecule has 0 aliphatic carbocycles. The second kappa shape index (κ2) is 7.04. The molecule has 2 aromatic carbocycles. The van der Waals surface area contributed by atoms with Crippen molar-refractivity contribution >= 4 is 27.8 Å². The molecule has 0 bridgehead atoms. The first kappa shape index (κ1) is 19.5. The van der Waals surface area contributed by atoms with Gasteiger partial charge in [0.15, 0.2) is 0 Å². The quantitative estimate of drug-likeness (QED) is 0.812. The van der Waals surface area contributed by atoms with Crippen molar-refractivity contribution in [3.8, 4) is 5.75 Å². The number of nitrogens with one attached hydrogen (secondary N) is 1. The van der Waals surface area contributed by atoms with Crippen LogP contribution in [-0.2, 0) is 10.0 Å². The average molecular weight is 404 g/mol. The minimum atomic E-state index is -3.81. The molecule has 0 aromatic heterocycles. The number of nitrogens with zero attached hydrogens (tertiary/aromatic N) is 3. The molecule has 0 atom stereocenters. The number of benzene rings is 2. The van der Waals surface area contributed by atoms with Gasteiger partial charge in [0.1, 0.15) is 11.9 Å². The molecule has 3 rings (SSSR count). The number of phenolic OH excluding ortho intramolecular Hbond substituents is 1. The Bertz CT molecular complexity index is 1000. The van der Waals surface area contributed by atoms with Crippen molar-refractivity contribution in [2.45, 2.75) is 11.1 Å². The van der Waals surface area contributed by atoms with Gasteiger partial charge in [0.25, 0.3) is 10.0 Å². The molecule has 1 aliphatic rings. The number of imide groups is 1. The predicted molar refractivity (Wildman–Crippen MR) is 102 cm³/mol. The molecule has 28 heavy (non-hydrogen) atoms. The lowest BCUT2D eigenvalue weighted by molar-refractivity contribution is 0.0592. The van der Waals surface area contributed by atoms with E-state index in [0.29, 0.717) is 5.56 Å². The van der Waals surface area contributed by atoms with Crippen molar-refractivity contribution < 1.29 is 23.1 Å². The van der Waals surface area contributed by atoms with Gasteiger partial charge < -0.3 is 14.9 Å². The predicted octanol–water partition coefficient (Wildman–Crippen LogP) is 2.24. The van der Waals surface area contributed by atoms with Gasteiger partial charge >= 0.3 is 12.1 Å². The number of phenols is 1. The highest BCUT2D eigenvalue weighted by Crippen LogP contribution is 2.35. The van der Waals surface area contributed by atoms with E-state index in [1.165, 1.54) is 61.3 Å². The van der Waals surface area contributed by atoms with Crippen molar-refractivity contribution in [2.75, 3.05) is 25.9 Å². The third-order valence-electron chi connectivity index (χ3n) is 4.53. The highest BCUT2D eigenvalue weighted by molar-refractivity contribution is 7.92. The van der Waals surface area contributed by atoms with Crippen LogP contribution in [0.4, 0.5) is 15.3 Å². The number of carbonyl (C=O) groups excluding carboxylic acids is 2. The average Bonchev–Trinajstić information content (AvgIpc) is 2.67. The molecule has 1 saturated heterocycles. The first-order chi connectivity index (χ1) is 13.1. The summed E-state index contributed by atoms with van der Waals surface area (Å²) in [4.78, 5) is 28.1. The smallest absolute Gasteiger partial charge is 0.329 e. The molecule has 0 unspecified atom stereocenters. The second-order valence-corrected chi connectivity index (χ2v) is 8.09. The van der Waals surface area contributed by atoms with Crippen molar-refractivity contribution in [1.29, 1.82) is 0 Å². The maximum Gasteiger partial charge on any atom is 0.329 e. The summed E-state index contributed by atoms with van der Waals surface area (Å²) in [6.07, 6.45) is -0.823. The van der Waals surface area contributed by atoms with Gasteiger partial charge in [-0.3, -0.25) is 4.72 Å². The van der Waals surface area contributed by atoms with Crippen LogP contribution in [0.1, 0.15) is 11.7 Å². The molecular formula is C18H20N4O5S. The molecule has 1 heterocycles. The van der Waals surface area contributed by atoms with Crippen LogP contribution in [-0.4, -0.2) is 61.4 Å². The van der Waals surface area contributed by atoms with Gasteiger partial charge in [-0.15, -0.1) is 0 Å². The molecule has 9 nitrogen and oxygen atoms in total. The van der Waals surface area contributed by atoms with Gasteiger partial charge in [0.05, 0.1) is 10.6 Å². The number of rotatable bonds is 4. The van der Waals surface area contributed by atoms with Gasteiger partial charge in [0, 0.05) is 32.8 Å². The summed E-state index contributed by atoms with van der Waals surface area (Å²) in [7, 11) is 0.583. The number of carbonyl (C=O) groups is 2. The maximum atomic E-state index is 12.4. The summed E-state index contributed by atoms with van der Waals surface area (Å²) >= 11 is 0. The van der Waals surface area contributed by atoms with Crippen LogP contribution in [0.15, 0.2) is 53.4 Å². The highest BCUT2D eigenvalue weighted by Gasteiger charge is 2.40. The Hall–Kier alpha value is -3.27. The number of anilines is 1. The monoisotopic (exact) mass is 404 g/mol. The fraction of sp³-hybridized carbons (Fsp3) is 0.222. The Morgan fingerprint density at radius 3 is 2.04 bits per heavy atom. The lowest BCUT2D eigenvalue weighted by Crippen LogP contribution is -2.58. The molecule has 4 amide bonds. The third-order valence-corrected chi connectivity index (χ3v) is 5.92. The zero-order chi connectivity index (χ0) is 20.6. The van der Waals surface area contributed by atoms with Crippen molar-refractivity contribution in [2.24, 2.45) is 0 Å². The minimum Gasteiger partial charge on any atom is -0.507 e. The van der Waals surface area contributed by atoms with E-state index in [-0.39, 0.29) is 16.3 Å². The number of aromatic hydroxyl groups is 1. The van der Waals surface area contributed by atoms with Gasteiger partial charge in [-0.05, 0) is 24.3 Å². The number of hydrogen-bond donors (Lipinski definition) is 2. The molecular weight excluding hydrogens is 384 g/mol. The zero-order valence-electron chi connectivity index (χ0n) is 15.5. The van der Waals surface area contributed by atoms with Gasteiger partial charge in [0.2, 0.25) is 0 Å². The van der Waals surface area contributed by atoms with E-state index in [4.69, 9.17) is 0 Å². The first-order valence-corrected chi connectivity index (χ1v) is 9.80. The number of amides is 4. The van der Waals surface area contributed by atoms with Crippen LogP contribution in [0.25, 0.3) is 0 Å². The lowest BCUT2D eigenvalue weighted by atomic mass is 10.1. The molecule has 1 aliphatic heterocycles. The van der Waals surface area contributed by atoms with Crippen molar-refractivity contribution in [3.63, 3.8) is 0 Å². The standard InChI is InChI=1S/C18H20N4O5S/c1-20-16(21(2)18(25)22(3)17(20)24)14-10-9-12(11-15(14)23)19-28(26,27)13-7-5-4-6-8-13/h4-11,16,19,23H,1-3H3. The maximum absolute atomic E-state index is 12.4. The summed E-state index contributed by atoms with van der Waals surface area (Å²) in [6.45, 7) is 0. The van der Waals surface area contributed by atoms with E-state index < -0.39 is 28.3 Å². The fourth-order valence-electron chi connectivity index (χ4n) is 3.08. The van der Waals surface area contributed by atoms with Crippen molar-refractivity contribution in [3.05, 3.63) is 54.1 Å². The number of sulfonamides is 1. The lowest BCUT2D eigenvalue weighted by Gasteiger charge is -2.43. The first-order valence-electron chi connectivity index (χ1n) is 8.31. The topological polar surface area (TPSA) is 110 Å². The number of hydrogen-bond acceptors (Lipinski definition) is 5. The Morgan fingerprint density at radius 2 is 1.50 bits per heavy atom. The van der Waals surface area contributed by atoms with E-state index >= 15 is 0 Å². The van der Waals surface area contributed by atoms with Gasteiger partial charge in [-0.1, -0.05) is 18.2 Å². The van der Waals surface area contributed by atoms with Crippen LogP contribution >= 0.6 is 0 Å². The largest absolute Gasteiger partial charge is 0.507 e. The van der Waals surface area contributed by atoms with Crippen LogP contribution < -0.4 is 4.72 Å². The van der Waals surface area contributed by atoms with E-state index in [0.717, 1.165) is 4.90 Å². The van der Waals surface area contributed by atoms with Crippen LogP contribution in [0.5, 0.6) is 5.75 Å². The molecule has 1 fully saturated rings. The van der Waals surface area contributed by atoms with Gasteiger partial charge in [-0.25, -0.2) is 22.9 Å². The zero-order valence-corrected chi connectivity index (χ0v) is 16.3. The summed E-state index contributed by atoms with van der Waals surface area (Å²) in [5, 5.41) is 10.5. The van der Waals surface area contributed by atoms with Crippen LogP contribution in [0.3, 0.4) is 0 Å². The Kier molecular flexibility index (Phi) is 4.90. The molecule has 0 spiro atoms. The SMILES string of the molecule is CN1C(=O)N(C)C(c2ccc(NS(=O)(=O)c3ccccc3)cc2O)N(C)C1=O. The van der Waals surface area contributed by atoms with E-state index in [1.54, 1.807) is 18.2 Å². The summed E-state index contributed by atoms with van der Waals surface area (Å²) in [5.41, 5.74) is 0.448. The van der Waals surface area contributed by atoms with Crippen LogP contribution in [0.2, 0.25) is 0 Å². The highest BCUT2D eigenvalue weighted by atomic mass is 32.2. The summed E-state index contributed by atoms with van der Waals surface area (Å²) in [6, 6.07) is 11.0. The minimum absolute atomic E-state index is 0.0875. The third kappa shape index (κ3) is 3.33. The molecule has 10 heteroatoms. The van der Waals surface area contributed by atoms with Crippen LogP contribution in [0, 0.1) is 0 Å². The van der Waals surface area contributed by atoms with Crippen molar-refractivity contribution in [1.82, 2.24) is 14.7 Å². The molecule has 148 valence electrons. The second-order valence-electron chi connectivity index (χ2n) is 6.41. The Morgan fingerprint density at radius 1 is 0.929 bits per heavy atom. The fourth-order valence-corrected chi connectivity index (χ4v) is 4.15. The normalized spacial score (nSPS) is 15.9. The number of urea groups is 2. The Balaban J connectivity index is 1.91. The van der Waals surface area contributed by atoms with E-state index in [9.17, 15) is 23.1 Å². The van der Waals surface area contributed by atoms with Gasteiger partial charge in [-0.2, -0.15) is 0 Å².